The highest BCUT2D eigenvalue weighted by Gasteiger charge is 2.38. The highest BCUT2D eigenvalue weighted by molar-refractivity contribution is 5.79. The molecule has 1 aliphatic carbocycles. The van der Waals surface area contributed by atoms with Gasteiger partial charge < -0.3 is 15.2 Å². The lowest BCUT2D eigenvalue weighted by molar-refractivity contribution is 0.0407. The summed E-state index contributed by atoms with van der Waals surface area (Å²) in [6.07, 6.45) is 13.5. The third-order valence-corrected chi connectivity index (χ3v) is 6.34. The molecule has 1 aromatic heterocycles. The third-order valence-electron chi connectivity index (χ3n) is 6.34. The molecular weight excluding hydrogens is 350 g/mol. The first-order chi connectivity index (χ1) is 13.8. The molecule has 0 unspecified atom stereocenters. The maximum atomic E-state index is 5.06. The Bertz CT molecular complexity index is 598. The first-order valence-electron chi connectivity index (χ1n) is 11.4. The number of nitrogens with zero attached hydrogens (tertiary/aromatic N) is 5. The summed E-state index contributed by atoms with van der Waals surface area (Å²) in [6, 6.07) is 0. The molecule has 28 heavy (non-hydrogen) atoms. The SMILES string of the molecule is CCNC(=NCC1(N2CCCCC2)CCCCC1)NCCn1cnnc1CC. The van der Waals surface area contributed by atoms with Crippen molar-refractivity contribution in [3.8, 4) is 0 Å². The van der Waals surface area contributed by atoms with Crippen LogP contribution in [0, 0.1) is 0 Å². The van der Waals surface area contributed by atoms with Crippen molar-refractivity contribution in [2.24, 2.45) is 4.99 Å². The van der Waals surface area contributed by atoms with Crippen LogP contribution in [0.3, 0.4) is 0 Å². The highest BCUT2D eigenvalue weighted by atomic mass is 15.3. The van der Waals surface area contributed by atoms with Crippen molar-refractivity contribution in [1.29, 1.82) is 0 Å². The fourth-order valence-corrected chi connectivity index (χ4v) is 4.75. The van der Waals surface area contributed by atoms with Crippen LogP contribution in [-0.2, 0) is 13.0 Å². The summed E-state index contributed by atoms with van der Waals surface area (Å²) in [5, 5.41) is 15.1. The highest BCUT2D eigenvalue weighted by Crippen LogP contribution is 2.35. The van der Waals surface area contributed by atoms with Crippen LogP contribution in [0.5, 0.6) is 0 Å². The van der Waals surface area contributed by atoms with E-state index in [2.05, 4.69) is 44.1 Å². The van der Waals surface area contributed by atoms with Crippen LogP contribution in [0.4, 0.5) is 0 Å². The molecule has 0 radical (unpaired) electrons. The van der Waals surface area contributed by atoms with Crippen LogP contribution in [0.25, 0.3) is 0 Å². The Morgan fingerprint density at radius 3 is 2.54 bits per heavy atom. The summed E-state index contributed by atoms with van der Waals surface area (Å²) >= 11 is 0. The van der Waals surface area contributed by atoms with Crippen molar-refractivity contribution >= 4 is 5.96 Å². The number of aliphatic imine (C=N–C) groups is 1. The van der Waals surface area contributed by atoms with E-state index in [0.717, 1.165) is 44.4 Å². The van der Waals surface area contributed by atoms with E-state index in [9.17, 15) is 0 Å². The maximum absolute atomic E-state index is 5.06. The number of piperidine rings is 1. The maximum Gasteiger partial charge on any atom is 0.191 e. The molecule has 0 aromatic carbocycles. The van der Waals surface area contributed by atoms with Gasteiger partial charge in [-0.1, -0.05) is 32.6 Å². The largest absolute Gasteiger partial charge is 0.357 e. The quantitative estimate of drug-likeness (QED) is 0.528. The Labute approximate surface area is 170 Å². The molecule has 1 saturated heterocycles. The van der Waals surface area contributed by atoms with Gasteiger partial charge in [-0.15, -0.1) is 10.2 Å². The van der Waals surface area contributed by atoms with Gasteiger partial charge >= 0.3 is 0 Å². The summed E-state index contributed by atoms with van der Waals surface area (Å²) in [5.74, 6) is 1.98. The van der Waals surface area contributed by atoms with Gasteiger partial charge in [0, 0.05) is 31.6 Å². The van der Waals surface area contributed by atoms with Crippen molar-refractivity contribution in [2.45, 2.75) is 83.7 Å². The number of aryl methyl sites for hydroxylation is 1. The third kappa shape index (κ3) is 5.46. The Balaban J connectivity index is 1.60. The lowest BCUT2D eigenvalue weighted by Gasteiger charge is -2.47. The number of hydrogen-bond acceptors (Lipinski definition) is 4. The van der Waals surface area contributed by atoms with E-state index < -0.39 is 0 Å². The van der Waals surface area contributed by atoms with Crippen LogP contribution in [0.15, 0.2) is 11.3 Å². The molecule has 1 saturated carbocycles. The zero-order valence-electron chi connectivity index (χ0n) is 17.9. The topological polar surface area (TPSA) is 70.4 Å². The number of hydrogen-bond donors (Lipinski definition) is 2. The van der Waals surface area contributed by atoms with Gasteiger partial charge in [-0.2, -0.15) is 0 Å². The molecule has 2 N–H and O–H groups in total. The normalized spacial score (nSPS) is 20.9. The second-order valence-corrected chi connectivity index (χ2v) is 8.25. The van der Waals surface area contributed by atoms with Crippen molar-refractivity contribution in [1.82, 2.24) is 30.3 Å². The molecule has 2 aliphatic rings. The number of aromatic nitrogens is 3. The number of likely N-dealkylation sites (tertiary alicyclic amines) is 1. The van der Waals surface area contributed by atoms with E-state index >= 15 is 0 Å². The lowest BCUT2D eigenvalue weighted by atomic mass is 9.79. The van der Waals surface area contributed by atoms with Gasteiger partial charge in [-0.3, -0.25) is 9.89 Å². The van der Waals surface area contributed by atoms with Gasteiger partial charge in [0.1, 0.15) is 12.2 Å². The molecule has 1 aliphatic heterocycles. The first-order valence-corrected chi connectivity index (χ1v) is 11.4. The molecule has 7 nitrogen and oxygen atoms in total. The van der Waals surface area contributed by atoms with Crippen molar-refractivity contribution in [2.75, 3.05) is 32.7 Å². The van der Waals surface area contributed by atoms with Gasteiger partial charge in [0.25, 0.3) is 0 Å². The summed E-state index contributed by atoms with van der Waals surface area (Å²) < 4.78 is 2.12. The Kier molecular flexibility index (Phi) is 8.13. The van der Waals surface area contributed by atoms with Gasteiger partial charge in [-0.05, 0) is 45.7 Å². The Hall–Kier alpha value is -1.63. The molecule has 0 atom stereocenters. The zero-order valence-corrected chi connectivity index (χ0v) is 17.9. The minimum absolute atomic E-state index is 0.282. The van der Waals surface area contributed by atoms with Crippen molar-refractivity contribution in [3.63, 3.8) is 0 Å². The zero-order chi connectivity index (χ0) is 19.7. The molecule has 7 heteroatoms. The van der Waals surface area contributed by atoms with Gasteiger partial charge in [-0.25, -0.2) is 0 Å². The molecule has 0 amide bonds. The second-order valence-electron chi connectivity index (χ2n) is 8.25. The predicted molar refractivity (Wildman–Crippen MR) is 115 cm³/mol. The number of rotatable bonds is 8. The summed E-state index contributed by atoms with van der Waals surface area (Å²) in [5.41, 5.74) is 0.282. The Morgan fingerprint density at radius 1 is 1.07 bits per heavy atom. The van der Waals surface area contributed by atoms with Crippen LogP contribution < -0.4 is 10.6 Å². The van der Waals surface area contributed by atoms with Gasteiger partial charge in [0.15, 0.2) is 5.96 Å². The smallest absolute Gasteiger partial charge is 0.191 e. The Morgan fingerprint density at radius 2 is 1.82 bits per heavy atom. The van der Waals surface area contributed by atoms with Gasteiger partial charge in [0.2, 0.25) is 0 Å². The lowest BCUT2D eigenvalue weighted by Crippen LogP contribution is -2.54. The predicted octanol–water partition coefficient (Wildman–Crippen LogP) is 2.58. The molecule has 0 spiro atoms. The molecule has 2 heterocycles. The average molecular weight is 390 g/mol. The molecule has 1 aromatic rings. The van der Waals surface area contributed by atoms with Crippen LogP contribution in [0.2, 0.25) is 0 Å². The molecule has 3 rings (SSSR count). The van der Waals surface area contributed by atoms with Crippen LogP contribution in [-0.4, -0.2) is 63.9 Å². The molecule has 158 valence electrons. The first kappa shape index (κ1) is 21.1. The fraction of sp³-hybridized carbons (Fsp3) is 0.857. The standard InChI is InChI=1S/C21H39N7/c1-3-19-26-25-18-27(19)16-13-23-20(22-4-2)24-17-21(11-7-5-8-12-21)28-14-9-6-10-15-28/h18H,3-17H2,1-2H3,(H2,22,23,24). The molecule has 0 bridgehead atoms. The number of guanidine groups is 1. The van der Waals surface area contributed by atoms with Crippen LogP contribution >= 0.6 is 0 Å². The van der Waals surface area contributed by atoms with Gasteiger partial charge in [0.05, 0.1) is 6.54 Å². The number of nitrogens with one attached hydrogen (secondary N) is 2. The minimum atomic E-state index is 0.282. The summed E-state index contributed by atoms with van der Waals surface area (Å²) in [7, 11) is 0. The fourth-order valence-electron chi connectivity index (χ4n) is 4.75. The van der Waals surface area contributed by atoms with Crippen molar-refractivity contribution < 1.29 is 0 Å². The summed E-state index contributed by atoms with van der Waals surface area (Å²) in [4.78, 5) is 7.83. The van der Waals surface area contributed by atoms with E-state index in [1.54, 1.807) is 0 Å². The molecule has 2 fully saturated rings. The average Bonchev–Trinajstić information content (AvgIpc) is 3.21. The minimum Gasteiger partial charge on any atom is -0.357 e. The van der Waals surface area contributed by atoms with E-state index in [0.29, 0.717) is 0 Å². The second kappa shape index (κ2) is 10.8. The van der Waals surface area contributed by atoms with E-state index in [1.807, 2.05) is 6.33 Å². The van der Waals surface area contributed by atoms with Crippen molar-refractivity contribution in [3.05, 3.63) is 12.2 Å². The molecular formula is C21H39N7. The van der Waals surface area contributed by atoms with E-state index in [1.165, 1.54) is 64.5 Å². The van der Waals surface area contributed by atoms with Crippen LogP contribution in [0.1, 0.15) is 71.0 Å². The van der Waals surface area contributed by atoms with E-state index in [-0.39, 0.29) is 5.54 Å². The summed E-state index contributed by atoms with van der Waals surface area (Å²) in [6.45, 7) is 10.2. The monoisotopic (exact) mass is 389 g/mol. The van der Waals surface area contributed by atoms with E-state index in [4.69, 9.17) is 4.99 Å².